The number of nitrogens with one attached hydrogen (secondary N) is 1. The Morgan fingerprint density at radius 3 is 2.95 bits per heavy atom. The van der Waals surface area contributed by atoms with E-state index in [1.54, 1.807) is 13.3 Å². The highest BCUT2D eigenvalue weighted by molar-refractivity contribution is 5.79. The highest BCUT2D eigenvalue weighted by Gasteiger charge is 2.11. The quantitative estimate of drug-likeness (QED) is 0.831. The van der Waals surface area contributed by atoms with E-state index in [0.717, 1.165) is 17.4 Å². The molecule has 0 saturated carbocycles. The fourth-order valence-electron chi connectivity index (χ4n) is 2.04. The van der Waals surface area contributed by atoms with Crippen LogP contribution >= 0.6 is 0 Å². The molecule has 1 aromatic heterocycles. The van der Waals surface area contributed by atoms with Gasteiger partial charge in [0.05, 0.1) is 11.6 Å². The van der Waals surface area contributed by atoms with Gasteiger partial charge in [-0.3, -0.25) is 4.98 Å². The van der Waals surface area contributed by atoms with Crippen molar-refractivity contribution in [1.82, 2.24) is 10.3 Å². The van der Waals surface area contributed by atoms with E-state index in [9.17, 15) is 0 Å². The molecule has 4 nitrogen and oxygen atoms in total. The fraction of sp³-hybridized carbons (Fsp3) is 0.400. The van der Waals surface area contributed by atoms with Crippen molar-refractivity contribution in [1.29, 1.82) is 0 Å². The van der Waals surface area contributed by atoms with Crippen LogP contribution in [0.5, 0.6) is 0 Å². The predicted molar refractivity (Wildman–Crippen MR) is 78.0 cm³/mol. The number of rotatable bonds is 6. The van der Waals surface area contributed by atoms with Gasteiger partial charge >= 0.3 is 0 Å². The van der Waals surface area contributed by atoms with Crippen molar-refractivity contribution in [2.45, 2.75) is 19.1 Å². The summed E-state index contributed by atoms with van der Waals surface area (Å²) in [5.41, 5.74) is 8.05. The normalized spacial score (nSPS) is 14.5. The zero-order valence-corrected chi connectivity index (χ0v) is 11.5. The molecule has 0 bridgehead atoms. The zero-order valence-electron chi connectivity index (χ0n) is 11.5. The lowest BCUT2D eigenvalue weighted by atomic mass is 10.0. The van der Waals surface area contributed by atoms with Crippen LogP contribution in [0.4, 0.5) is 0 Å². The first-order chi connectivity index (χ1) is 9.24. The molecule has 0 radical (unpaired) electrons. The van der Waals surface area contributed by atoms with Crippen molar-refractivity contribution in [3.8, 4) is 0 Å². The maximum Gasteiger partial charge on any atom is 0.0702 e. The van der Waals surface area contributed by atoms with Crippen LogP contribution in [0.3, 0.4) is 0 Å². The van der Waals surface area contributed by atoms with Gasteiger partial charge in [0.15, 0.2) is 0 Å². The van der Waals surface area contributed by atoms with Crippen LogP contribution in [0, 0.1) is 0 Å². The summed E-state index contributed by atoms with van der Waals surface area (Å²) < 4.78 is 5.24. The number of ether oxygens (including phenoxy) is 1. The first-order valence-electron chi connectivity index (χ1n) is 6.55. The SMILES string of the molecule is COC(C)CNC(CN)c1ccc2ncccc2c1. The molecule has 0 aliphatic carbocycles. The minimum atomic E-state index is 0.141. The van der Waals surface area contributed by atoms with E-state index in [1.807, 2.05) is 19.1 Å². The number of benzene rings is 1. The van der Waals surface area contributed by atoms with Crippen molar-refractivity contribution < 1.29 is 4.74 Å². The Labute approximate surface area is 114 Å². The minimum absolute atomic E-state index is 0.141. The van der Waals surface area contributed by atoms with E-state index in [1.165, 1.54) is 5.56 Å². The largest absolute Gasteiger partial charge is 0.380 e. The van der Waals surface area contributed by atoms with Gasteiger partial charge in [0.1, 0.15) is 0 Å². The number of hydrogen-bond donors (Lipinski definition) is 2. The Bertz CT molecular complexity index is 530. The van der Waals surface area contributed by atoms with E-state index in [0.29, 0.717) is 6.54 Å². The highest BCUT2D eigenvalue weighted by Crippen LogP contribution is 2.18. The maximum absolute atomic E-state index is 5.86. The molecular formula is C15H21N3O. The monoisotopic (exact) mass is 259 g/mol. The predicted octanol–water partition coefficient (Wildman–Crippen LogP) is 1.86. The van der Waals surface area contributed by atoms with Gasteiger partial charge in [0.2, 0.25) is 0 Å². The second-order valence-electron chi connectivity index (χ2n) is 4.70. The van der Waals surface area contributed by atoms with Gasteiger partial charge in [-0.2, -0.15) is 0 Å². The lowest BCUT2D eigenvalue weighted by molar-refractivity contribution is 0.114. The molecule has 102 valence electrons. The van der Waals surface area contributed by atoms with Crippen LogP contribution in [0.25, 0.3) is 10.9 Å². The van der Waals surface area contributed by atoms with Crippen LogP contribution in [0.2, 0.25) is 0 Å². The topological polar surface area (TPSA) is 60.2 Å². The van der Waals surface area contributed by atoms with Crippen molar-refractivity contribution >= 4 is 10.9 Å². The maximum atomic E-state index is 5.86. The molecule has 0 fully saturated rings. The molecule has 19 heavy (non-hydrogen) atoms. The summed E-state index contributed by atoms with van der Waals surface area (Å²) in [6.45, 7) is 3.37. The number of methoxy groups -OCH3 is 1. The zero-order chi connectivity index (χ0) is 13.7. The highest BCUT2D eigenvalue weighted by atomic mass is 16.5. The molecule has 1 heterocycles. The van der Waals surface area contributed by atoms with Gasteiger partial charge in [-0.05, 0) is 30.7 Å². The number of fused-ring (bicyclic) bond motifs is 1. The lowest BCUT2D eigenvalue weighted by Gasteiger charge is -2.20. The molecule has 0 aliphatic rings. The molecule has 2 unspecified atom stereocenters. The van der Waals surface area contributed by atoms with Crippen molar-refractivity contribution in [3.05, 3.63) is 42.1 Å². The number of nitrogens with two attached hydrogens (primary N) is 1. The van der Waals surface area contributed by atoms with Crippen LogP contribution in [-0.2, 0) is 4.74 Å². The fourth-order valence-corrected chi connectivity index (χ4v) is 2.04. The molecule has 0 amide bonds. The first-order valence-corrected chi connectivity index (χ1v) is 6.55. The summed E-state index contributed by atoms with van der Waals surface area (Å²) >= 11 is 0. The number of nitrogens with zero attached hydrogens (tertiary/aromatic N) is 1. The summed E-state index contributed by atoms with van der Waals surface area (Å²) in [7, 11) is 1.71. The molecule has 0 spiro atoms. The second-order valence-corrected chi connectivity index (χ2v) is 4.70. The third-order valence-corrected chi connectivity index (χ3v) is 3.32. The minimum Gasteiger partial charge on any atom is -0.380 e. The Hall–Kier alpha value is -1.49. The smallest absolute Gasteiger partial charge is 0.0702 e. The molecule has 2 rings (SSSR count). The van der Waals surface area contributed by atoms with E-state index < -0.39 is 0 Å². The van der Waals surface area contributed by atoms with Gasteiger partial charge in [-0.1, -0.05) is 12.1 Å². The molecule has 2 atom stereocenters. The van der Waals surface area contributed by atoms with Gasteiger partial charge < -0.3 is 15.8 Å². The molecule has 0 aliphatic heterocycles. The van der Waals surface area contributed by atoms with Gasteiger partial charge in [0, 0.05) is 37.8 Å². The first kappa shape index (κ1) is 13.9. The van der Waals surface area contributed by atoms with Crippen LogP contribution in [0.1, 0.15) is 18.5 Å². The van der Waals surface area contributed by atoms with Gasteiger partial charge in [-0.15, -0.1) is 0 Å². The Morgan fingerprint density at radius 2 is 2.21 bits per heavy atom. The van der Waals surface area contributed by atoms with E-state index in [4.69, 9.17) is 10.5 Å². The molecule has 3 N–H and O–H groups in total. The Balaban J connectivity index is 2.15. The summed E-state index contributed by atoms with van der Waals surface area (Å²) in [5, 5.41) is 4.57. The van der Waals surface area contributed by atoms with E-state index in [-0.39, 0.29) is 12.1 Å². The lowest BCUT2D eigenvalue weighted by Crippen LogP contribution is -2.33. The molecule has 4 heteroatoms. The molecular weight excluding hydrogens is 238 g/mol. The molecule has 1 aromatic carbocycles. The summed E-state index contributed by atoms with van der Waals surface area (Å²) in [6.07, 6.45) is 1.98. The average Bonchev–Trinajstić information content (AvgIpc) is 2.47. The molecule has 2 aromatic rings. The van der Waals surface area contributed by atoms with Gasteiger partial charge in [0.25, 0.3) is 0 Å². The van der Waals surface area contributed by atoms with Crippen LogP contribution in [0.15, 0.2) is 36.5 Å². The number of hydrogen-bond acceptors (Lipinski definition) is 4. The van der Waals surface area contributed by atoms with Crippen LogP contribution in [-0.4, -0.2) is 31.3 Å². The summed E-state index contributed by atoms with van der Waals surface area (Å²) in [4.78, 5) is 4.32. The number of pyridine rings is 1. The Kier molecular flexibility index (Phi) is 4.85. The Morgan fingerprint density at radius 1 is 1.37 bits per heavy atom. The summed E-state index contributed by atoms with van der Waals surface area (Å²) in [6, 6.07) is 10.4. The molecule has 0 saturated heterocycles. The third kappa shape index (κ3) is 3.50. The van der Waals surface area contributed by atoms with E-state index >= 15 is 0 Å². The summed E-state index contributed by atoms with van der Waals surface area (Å²) in [5.74, 6) is 0. The third-order valence-electron chi connectivity index (χ3n) is 3.32. The van der Waals surface area contributed by atoms with Crippen LogP contribution < -0.4 is 11.1 Å². The standard InChI is InChI=1S/C15H21N3O/c1-11(19-2)10-18-15(9-16)13-5-6-14-12(8-13)4-3-7-17-14/h3-8,11,15,18H,9-10,16H2,1-2H3. The second kappa shape index (κ2) is 6.61. The van der Waals surface area contributed by atoms with Crippen molar-refractivity contribution in [3.63, 3.8) is 0 Å². The van der Waals surface area contributed by atoms with Crippen molar-refractivity contribution in [2.24, 2.45) is 5.73 Å². The van der Waals surface area contributed by atoms with E-state index in [2.05, 4.69) is 28.5 Å². The van der Waals surface area contributed by atoms with Crippen molar-refractivity contribution in [2.75, 3.05) is 20.2 Å². The number of aromatic nitrogens is 1. The average molecular weight is 259 g/mol. The van der Waals surface area contributed by atoms with Gasteiger partial charge in [-0.25, -0.2) is 0 Å².